The van der Waals surface area contributed by atoms with Crippen LogP contribution in [0.25, 0.3) is 0 Å². The lowest BCUT2D eigenvalue weighted by Crippen LogP contribution is -2.43. The molecule has 0 spiro atoms. The van der Waals surface area contributed by atoms with Crippen LogP contribution in [-0.2, 0) is 10.8 Å². The molecule has 2 aromatic carbocycles. The fourth-order valence-corrected chi connectivity index (χ4v) is 3.71. The van der Waals surface area contributed by atoms with Crippen molar-refractivity contribution in [2.24, 2.45) is 4.99 Å². The van der Waals surface area contributed by atoms with E-state index in [1.54, 1.807) is 12.1 Å². The Hall–Kier alpha value is -1.94. The van der Waals surface area contributed by atoms with Crippen molar-refractivity contribution in [3.8, 4) is 0 Å². The molecule has 1 unspecified atom stereocenters. The molecule has 0 aliphatic carbocycles. The first-order valence-electron chi connectivity index (χ1n) is 8.78. The molecule has 1 heterocycles. The van der Waals surface area contributed by atoms with Crippen molar-refractivity contribution in [1.82, 2.24) is 0 Å². The van der Waals surface area contributed by atoms with E-state index in [2.05, 4.69) is 46.0 Å². The van der Waals surface area contributed by atoms with Crippen LogP contribution < -0.4 is 0 Å². The van der Waals surface area contributed by atoms with Crippen LogP contribution in [0.2, 0.25) is 18.1 Å². The van der Waals surface area contributed by atoms with Crippen LogP contribution in [0, 0.1) is 5.82 Å². The molecule has 1 aliphatic rings. The third-order valence-electron chi connectivity index (χ3n) is 5.33. The molecule has 25 heavy (non-hydrogen) atoms. The molecule has 0 amide bonds. The van der Waals surface area contributed by atoms with E-state index in [1.165, 1.54) is 11.6 Å². The number of hydrogen-bond acceptors (Lipinski definition) is 2. The maximum Gasteiger partial charge on any atom is 0.252 e. The first-order chi connectivity index (χ1) is 11.7. The van der Waals surface area contributed by atoms with Crippen molar-refractivity contribution in [1.29, 1.82) is 0 Å². The number of halogens is 1. The summed E-state index contributed by atoms with van der Waals surface area (Å²) in [6.45, 7) is 11.1. The quantitative estimate of drug-likeness (QED) is 0.615. The molecule has 0 bridgehead atoms. The van der Waals surface area contributed by atoms with Gasteiger partial charge in [0.15, 0.2) is 0 Å². The van der Waals surface area contributed by atoms with E-state index in [4.69, 9.17) is 9.42 Å². The van der Waals surface area contributed by atoms with E-state index in [9.17, 15) is 4.39 Å². The predicted octanol–water partition coefficient (Wildman–Crippen LogP) is 5.89. The van der Waals surface area contributed by atoms with E-state index >= 15 is 0 Å². The molecule has 2 aromatic rings. The standard InChI is InChI=1S/C21H26FNOSi/c1-21(2,3)25(4,5)24-20-18-12-7-6-9-15(18)14-19(23-20)16-10-8-11-17(22)13-16/h6-13,19H,14H2,1-5H3. The van der Waals surface area contributed by atoms with Gasteiger partial charge in [-0.05, 0) is 53.9 Å². The summed E-state index contributed by atoms with van der Waals surface area (Å²) in [6.07, 6.45) is 0.768. The first-order valence-corrected chi connectivity index (χ1v) is 11.7. The molecule has 3 rings (SSSR count). The van der Waals surface area contributed by atoms with Crippen molar-refractivity contribution in [3.05, 3.63) is 71.0 Å². The molecule has 132 valence electrons. The Bertz CT molecular complexity index is 808. The van der Waals surface area contributed by atoms with Crippen molar-refractivity contribution < 1.29 is 8.82 Å². The summed E-state index contributed by atoms with van der Waals surface area (Å²) in [5, 5.41) is 0.0935. The maximum atomic E-state index is 13.7. The van der Waals surface area contributed by atoms with Gasteiger partial charge in [-0.2, -0.15) is 0 Å². The van der Waals surface area contributed by atoms with Gasteiger partial charge in [0.1, 0.15) is 5.82 Å². The van der Waals surface area contributed by atoms with Crippen molar-refractivity contribution >= 4 is 14.2 Å². The van der Waals surface area contributed by atoms with Gasteiger partial charge < -0.3 is 4.43 Å². The largest absolute Gasteiger partial charge is 0.530 e. The van der Waals surface area contributed by atoms with Crippen LogP contribution in [-0.4, -0.2) is 14.2 Å². The van der Waals surface area contributed by atoms with Gasteiger partial charge in [0.2, 0.25) is 5.90 Å². The molecule has 0 N–H and O–H groups in total. The minimum absolute atomic E-state index is 0.0935. The Morgan fingerprint density at radius 1 is 1.08 bits per heavy atom. The summed E-state index contributed by atoms with van der Waals surface area (Å²) in [5.74, 6) is 0.487. The summed E-state index contributed by atoms with van der Waals surface area (Å²) >= 11 is 0. The Morgan fingerprint density at radius 2 is 1.80 bits per heavy atom. The van der Waals surface area contributed by atoms with Crippen LogP contribution >= 0.6 is 0 Å². The van der Waals surface area contributed by atoms with Gasteiger partial charge in [-0.1, -0.05) is 51.1 Å². The number of rotatable bonds is 2. The molecular weight excluding hydrogens is 329 g/mol. The fraction of sp³-hybridized carbons (Fsp3) is 0.381. The lowest BCUT2D eigenvalue weighted by molar-refractivity contribution is 0.474. The summed E-state index contributed by atoms with van der Waals surface area (Å²) in [7, 11) is -2.01. The van der Waals surface area contributed by atoms with Crippen LogP contribution in [0.3, 0.4) is 0 Å². The normalized spacial score (nSPS) is 17.7. The third kappa shape index (κ3) is 3.69. The highest BCUT2D eigenvalue weighted by Gasteiger charge is 2.41. The second kappa shape index (κ2) is 6.41. The van der Waals surface area contributed by atoms with Crippen LogP contribution in [0.1, 0.15) is 43.5 Å². The number of nitrogens with zero attached hydrogens (tertiary/aromatic N) is 1. The second-order valence-electron chi connectivity index (χ2n) is 8.23. The molecule has 4 heteroatoms. The lowest BCUT2D eigenvalue weighted by Gasteiger charge is -2.38. The van der Waals surface area contributed by atoms with Gasteiger partial charge in [0, 0.05) is 5.56 Å². The van der Waals surface area contributed by atoms with Gasteiger partial charge in [0.25, 0.3) is 8.32 Å². The average molecular weight is 356 g/mol. The molecular formula is C21H26FNOSi. The topological polar surface area (TPSA) is 21.6 Å². The summed E-state index contributed by atoms with van der Waals surface area (Å²) < 4.78 is 20.2. The number of benzene rings is 2. The molecule has 0 aromatic heterocycles. The van der Waals surface area contributed by atoms with Gasteiger partial charge in [0.05, 0.1) is 6.04 Å². The summed E-state index contributed by atoms with van der Waals surface area (Å²) in [4.78, 5) is 4.90. The smallest absolute Gasteiger partial charge is 0.252 e. The average Bonchev–Trinajstić information content (AvgIpc) is 2.53. The number of fused-ring (bicyclic) bond motifs is 1. The molecule has 1 atom stereocenters. The van der Waals surface area contributed by atoms with Crippen LogP contribution in [0.4, 0.5) is 4.39 Å². The van der Waals surface area contributed by atoms with Gasteiger partial charge >= 0.3 is 0 Å². The van der Waals surface area contributed by atoms with Crippen molar-refractivity contribution in [3.63, 3.8) is 0 Å². The Morgan fingerprint density at radius 3 is 2.48 bits per heavy atom. The fourth-order valence-electron chi connectivity index (χ4n) is 2.75. The molecule has 0 saturated heterocycles. The number of hydrogen-bond donors (Lipinski definition) is 0. The second-order valence-corrected chi connectivity index (χ2v) is 13.0. The first kappa shape index (κ1) is 17.9. The highest BCUT2D eigenvalue weighted by Crippen LogP contribution is 2.39. The number of aliphatic imine (C=N–C) groups is 1. The summed E-state index contributed by atoms with van der Waals surface area (Å²) in [5.41, 5.74) is 3.17. The van der Waals surface area contributed by atoms with Crippen molar-refractivity contribution in [2.45, 2.75) is 51.4 Å². The lowest BCUT2D eigenvalue weighted by atomic mass is 9.93. The van der Waals surface area contributed by atoms with E-state index in [-0.39, 0.29) is 16.9 Å². The monoisotopic (exact) mass is 355 g/mol. The van der Waals surface area contributed by atoms with Crippen LogP contribution in [0.15, 0.2) is 53.5 Å². The highest BCUT2D eigenvalue weighted by molar-refractivity contribution is 6.75. The molecule has 0 fully saturated rings. The van der Waals surface area contributed by atoms with Crippen LogP contribution in [0.5, 0.6) is 0 Å². The zero-order valence-corrected chi connectivity index (χ0v) is 16.6. The predicted molar refractivity (Wildman–Crippen MR) is 104 cm³/mol. The molecule has 0 radical (unpaired) electrons. The highest BCUT2D eigenvalue weighted by atomic mass is 28.4. The zero-order chi connectivity index (χ0) is 18.2. The molecule has 0 saturated carbocycles. The van der Waals surface area contributed by atoms with Gasteiger partial charge in [-0.25, -0.2) is 9.38 Å². The maximum absolute atomic E-state index is 13.7. The zero-order valence-electron chi connectivity index (χ0n) is 15.6. The minimum Gasteiger partial charge on any atom is -0.530 e. The molecule has 2 nitrogen and oxygen atoms in total. The SMILES string of the molecule is CC(C)(C)[Si](C)(C)OC1=NC(c2cccc(F)c2)Cc2ccccc21. The van der Waals surface area contributed by atoms with Gasteiger partial charge in [-0.15, -0.1) is 0 Å². The van der Waals surface area contributed by atoms with E-state index < -0.39 is 8.32 Å². The Labute approximate surface area is 150 Å². The van der Waals surface area contributed by atoms with Crippen molar-refractivity contribution in [2.75, 3.05) is 0 Å². The van der Waals surface area contributed by atoms with E-state index in [0.717, 1.165) is 17.5 Å². The third-order valence-corrected chi connectivity index (χ3v) is 9.64. The Balaban J connectivity index is 2.03. The van der Waals surface area contributed by atoms with E-state index in [1.807, 2.05) is 18.2 Å². The van der Waals surface area contributed by atoms with E-state index in [0.29, 0.717) is 5.90 Å². The minimum atomic E-state index is -2.01. The summed E-state index contributed by atoms with van der Waals surface area (Å²) in [6, 6.07) is 14.9. The van der Waals surface area contributed by atoms with Gasteiger partial charge in [-0.3, -0.25) is 0 Å². The molecule has 1 aliphatic heterocycles. The Kier molecular flexibility index (Phi) is 4.58.